The van der Waals surface area contributed by atoms with Crippen LogP contribution in [0.4, 0.5) is 5.69 Å². The van der Waals surface area contributed by atoms with Gasteiger partial charge in [0.1, 0.15) is 0 Å². The van der Waals surface area contributed by atoms with Crippen LogP contribution in [-0.2, 0) is 19.6 Å². The van der Waals surface area contributed by atoms with Gasteiger partial charge in [0.15, 0.2) is 6.61 Å². The number of carbonyl (C=O) groups is 2. The molecule has 0 radical (unpaired) electrons. The predicted molar refractivity (Wildman–Crippen MR) is 130 cm³/mol. The number of hydrogen-bond donors (Lipinski definition) is 1. The Morgan fingerprint density at radius 1 is 0.912 bits per heavy atom. The third-order valence-electron chi connectivity index (χ3n) is 5.48. The fourth-order valence-electron chi connectivity index (χ4n) is 3.67. The topological polar surface area (TPSA) is 92.8 Å². The van der Waals surface area contributed by atoms with Gasteiger partial charge < -0.3 is 10.1 Å². The number of halogens is 1. The van der Waals surface area contributed by atoms with Gasteiger partial charge in [-0.25, -0.2) is 13.2 Å². The molecule has 176 valence electrons. The minimum absolute atomic E-state index is 0.0459. The summed E-state index contributed by atoms with van der Waals surface area (Å²) in [4.78, 5) is 24.7. The van der Waals surface area contributed by atoms with Gasteiger partial charge >= 0.3 is 5.97 Å². The van der Waals surface area contributed by atoms with Gasteiger partial charge in [-0.2, -0.15) is 4.31 Å². The van der Waals surface area contributed by atoms with Crippen LogP contribution in [0.3, 0.4) is 0 Å². The molecule has 0 aliphatic carbocycles. The van der Waals surface area contributed by atoms with E-state index < -0.39 is 28.5 Å². The van der Waals surface area contributed by atoms with E-state index >= 15 is 0 Å². The standard InChI is InChI=1S/C25H23ClN2O5S/c26-22-13-12-21(34(31,32)28-14-4-5-15-28)16-23(22)27-24(29)17-33-25(30)20-10-8-19(9-11-20)18-6-2-1-3-7-18/h1-3,6-13,16H,4-5,14-15,17H2,(H,27,29). The zero-order valence-electron chi connectivity index (χ0n) is 18.2. The normalized spacial score (nSPS) is 14.0. The fraction of sp³-hybridized carbons (Fsp3) is 0.200. The summed E-state index contributed by atoms with van der Waals surface area (Å²) in [5.74, 6) is -1.28. The van der Waals surface area contributed by atoms with E-state index in [9.17, 15) is 18.0 Å². The van der Waals surface area contributed by atoms with Gasteiger partial charge in [-0.15, -0.1) is 0 Å². The molecule has 1 saturated heterocycles. The van der Waals surface area contributed by atoms with Gasteiger partial charge in [-0.05, 0) is 54.3 Å². The van der Waals surface area contributed by atoms with Crippen molar-refractivity contribution in [2.24, 2.45) is 0 Å². The van der Waals surface area contributed by atoms with Crippen molar-refractivity contribution in [3.05, 3.63) is 83.4 Å². The second-order valence-corrected chi connectivity index (χ2v) is 10.2. The highest BCUT2D eigenvalue weighted by Gasteiger charge is 2.27. The number of carbonyl (C=O) groups excluding carboxylic acids is 2. The summed E-state index contributed by atoms with van der Waals surface area (Å²) in [5, 5.41) is 2.70. The third-order valence-corrected chi connectivity index (χ3v) is 7.70. The monoisotopic (exact) mass is 498 g/mol. The molecule has 0 bridgehead atoms. The molecule has 1 heterocycles. The smallest absolute Gasteiger partial charge is 0.338 e. The van der Waals surface area contributed by atoms with Crippen LogP contribution in [0.15, 0.2) is 77.7 Å². The summed E-state index contributed by atoms with van der Waals surface area (Å²) in [5.41, 5.74) is 2.42. The summed E-state index contributed by atoms with van der Waals surface area (Å²) in [7, 11) is -3.66. The SMILES string of the molecule is O=C(COC(=O)c1ccc(-c2ccccc2)cc1)Nc1cc(S(=O)(=O)N2CCCC2)ccc1Cl. The molecule has 7 nitrogen and oxygen atoms in total. The molecule has 0 unspecified atom stereocenters. The average Bonchev–Trinajstić information content (AvgIpc) is 3.41. The Hall–Kier alpha value is -3.20. The van der Waals surface area contributed by atoms with Crippen molar-refractivity contribution in [3.63, 3.8) is 0 Å². The maximum absolute atomic E-state index is 12.8. The largest absolute Gasteiger partial charge is 0.452 e. The van der Waals surface area contributed by atoms with E-state index in [-0.39, 0.29) is 15.6 Å². The minimum atomic E-state index is -3.66. The van der Waals surface area contributed by atoms with Crippen LogP contribution in [0.2, 0.25) is 5.02 Å². The Kier molecular flexibility index (Phi) is 7.31. The number of ether oxygens (including phenoxy) is 1. The molecule has 0 aromatic heterocycles. The number of amides is 1. The van der Waals surface area contributed by atoms with Crippen LogP contribution in [0, 0.1) is 0 Å². The molecule has 1 N–H and O–H groups in total. The number of sulfonamides is 1. The fourth-order valence-corrected chi connectivity index (χ4v) is 5.38. The molecule has 3 aromatic rings. The summed E-state index contributed by atoms with van der Waals surface area (Å²) in [6, 6.07) is 20.7. The number of benzene rings is 3. The van der Waals surface area contributed by atoms with Crippen molar-refractivity contribution in [1.82, 2.24) is 4.31 Å². The highest BCUT2D eigenvalue weighted by Crippen LogP contribution is 2.28. The van der Waals surface area contributed by atoms with E-state index in [0.717, 1.165) is 24.0 Å². The number of rotatable bonds is 7. The number of hydrogen-bond acceptors (Lipinski definition) is 5. The Labute approximate surface area is 203 Å². The van der Waals surface area contributed by atoms with Crippen LogP contribution in [0.25, 0.3) is 11.1 Å². The number of esters is 1. The Morgan fingerprint density at radius 3 is 2.24 bits per heavy atom. The molecule has 1 fully saturated rings. The zero-order valence-corrected chi connectivity index (χ0v) is 19.8. The molecule has 0 atom stereocenters. The van der Waals surface area contributed by atoms with Gasteiger partial charge in [0.25, 0.3) is 5.91 Å². The summed E-state index contributed by atoms with van der Waals surface area (Å²) in [6.07, 6.45) is 1.63. The lowest BCUT2D eigenvalue weighted by atomic mass is 10.0. The highest BCUT2D eigenvalue weighted by atomic mass is 35.5. The van der Waals surface area contributed by atoms with Crippen molar-refractivity contribution in [2.45, 2.75) is 17.7 Å². The summed E-state index contributed by atoms with van der Waals surface area (Å²) < 4.78 is 32.1. The first-order chi connectivity index (χ1) is 16.3. The van der Waals surface area contributed by atoms with Crippen LogP contribution in [0.1, 0.15) is 23.2 Å². The summed E-state index contributed by atoms with van der Waals surface area (Å²) >= 11 is 6.14. The van der Waals surface area contributed by atoms with Crippen LogP contribution >= 0.6 is 11.6 Å². The molecule has 3 aromatic carbocycles. The van der Waals surface area contributed by atoms with Gasteiger partial charge in [0, 0.05) is 13.1 Å². The first-order valence-corrected chi connectivity index (χ1v) is 12.6. The minimum Gasteiger partial charge on any atom is -0.452 e. The maximum atomic E-state index is 12.8. The molecule has 9 heteroatoms. The van der Waals surface area contributed by atoms with E-state index in [1.54, 1.807) is 24.3 Å². The van der Waals surface area contributed by atoms with Crippen LogP contribution < -0.4 is 5.32 Å². The molecule has 34 heavy (non-hydrogen) atoms. The Balaban J connectivity index is 1.37. The van der Waals surface area contributed by atoms with Crippen molar-refractivity contribution < 1.29 is 22.7 Å². The Bertz CT molecular complexity index is 1290. The molecule has 0 spiro atoms. The van der Waals surface area contributed by atoms with Gasteiger partial charge in [0.05, 0.1) is 21.2 Å². The van der Waals surface area contributed by atoms with Crippen molar-refractivity contribution in [1.29, 1.82) is 0 Å². The Morgan fingerprint density at radius 2 is 1.56 bits per heavy atom. The zero-order chi connectivity index (χ0) is 24.1. The summed E-state index contributed by atoms with van der Waals surface area (Å²) in [6.45, 7) is 0.391. The van der Waals surface area contributed by atoms with E-state index in [0.29, 0.717) is 18.7 Å². The number of anilines is 1. The molecular formula is C25H23ClN2O5S. The first kappa shape index (κ1) is 23.9. The van der Waals surface area contributed by atoms with Crippen molar-refractivity contribution in [2.75, 3.05) is 25.0 Å². The lowest BCUT2D eigenvalue weighted by Gasteiger charge is -2.16. The lowest BCUT2D eigenvalue weighted by molar-refractivity contribution is -0.119. The lowest BCUT2D eigenvalue weighted by Crippen LogP contribution is -2.28. The first-order valence-electron chi connectivity index (χ1n) is 10.8. The van der Waals surface area contributed by atoms with Gasteiger partial charge in [-0.1, -0.05) is 54.1 Å². The molecule has 1 amide bonds. The van der Waals surface area contributed by atoms with Crippen molar-refractivity contribution in [3.8, 4) is 11.1 Å². The molecular weight excluding hydrogens is 476 g/mol. The second-order valence-electron chi connectivity index (χ2n) is 7.82. The highest BCUT2D eigenvalue weighted by molar-refractivity contribution is 7.89. The third kappa shape index (κ3) is 5.47. The second kappa shape index (κ2) is 10.4. The van der Waals surface area contributed by atoms with Crippen LogP contribution in [-0.4, -0.2) is 44.3 Å². The van der Waals surface area contributed by atoms with E-state index in [4.69, 9.17) is 16.3 Å². The molecule has 1 aliphatic heterocycles. The van der Waals surface area contributed by atoms with E-state index in [2.05, 4.69) is 5.32 Å². The average molecular weight is 499 g/mol. The van der Waals surface area contributed by atoms with E-state index in [1.165, 1.54) is 22.5 Å². The van der Waals surface area contributed by atoms with E-state index in [1.807, 2.05) is 30.3 Å². The molecule has 0 saturated carbocycles. The number of nitrogens with one attached hydrogen (secondary N) is 1. The molecule has 4 rings (SSSR count). The number of nitrogens with zero attached hydrogens (tertiary/aromatic N) is 1. The molecule has 1 aliphatic rings. The predicted octanol–water partition coefficient (Wildman–Crippen LogP) is 4.59. The van der Waals surface area contributed by atoms with Gasteiger partial charge in [0.2, 0.25) is 10.0 Å². The quantitative estimate of drug-likeness (QED) is 0.481. The van der Waals surface area contributed by atoms with Crippen LogP contribution in [0.5, 0.6) is 0 Å². The van der Waals surface area contributed by atoms with Gasteiger partial charge in [-0.3, -0.25) is 4.79 Å². The van der Waals surface area contributed by atoms with Crippen molar-refractivity contribution >= 4 is 39.2 Å². The maximum Gasteiger partial charge on any atom is 0.338 e.